The normalized spacial score (nSPS) is 11.4. The Morgan fingerprint density at radius 2 is 2.00 bits per heavy atom. The number of rotatable bonds is 6. The van der Waals surface area contributed by atoms with Crippen LogP contribution in [-0.4, -0.2) is 61.0 Å². The molecule has 1 amide bonds. The zero-order valence-electron chi connectivity index (χ0n) is 16.7. The second-order valence-electron chi connectivity index (χ2n) is 6.74. The van der Waals surface area contributed by atoms with Gasteiger partial charge in [-0.2, -0.15) is 0 Å². The van der Waals surface area contributed by atoms with Crippen LogP contribution in [0.25, 0.3) is 0 Å². The van der Waals surface area contributed by atoms with Crippen molar-refractivity contribution in [2.24, 2.45) is 12.0 Å². The predicted octanol–water partition coefficient (Wildman–Crippen LogP) is 2.74. The minimum absolute atomic E-state index is 0.0223. The largest absolute Gasteiger partial charge is 0.356 e. The number of aromatic nitrogens is 1. The van der Waals surface area contributed by atoms with E-state index in [-0.39, 0.29) is 5.91 Å². The molecule has 1 aromatic carbocycles. The Morgan fingerprint density at radius 3 is 2.59 bits per heavy atom. The summed E-state index contributed by atoms with van der Waals surface area (Å²) in [6.45, 7) is 1.50. The topological polar surface area (TPSA) is 52.9 Å². The minimum atomic E-state index is 0.0223. The highest BCUT2D eigenvalue weighted by molar-refractivity contribution is 9.10. The summed E-state index contributed by atoms with van der Waals surface area (Å²) < 4.78 is 3.17. The first kappa shape index (κ1) is 21.0. The van der Waals surface area contributed by atoms with E-state index in [1.165, 1.54) is 5.69 Å². The lowest BCUT2D eigenvalue weighted by Gasteiger charge is -2.22. The molecule has 0 saturated carbocycles. The van der Waals surface area contributed by atoms with E-state index < -0.39 is 0 Å². The van der Waals surface area contributed by atoms with Gasteiger partial charge in [0.2, 0.25) is 0 Å². The number of amides is 1. The van der Waals surface area contributed by atoms with Gasteiger partial charge >= 0.3 is 0 Å². The number of hydrogen-bond acceptors (Lipinski definition) is 2. The summed E-state index contributed by atoms with van der Waals surface area (Å²) >= 11 is 3.51. The standard InChI is InChI=1S/C20H28BrN5O/c1-22-20(26(5)14-18-12-17(21)13-25(18)4)23-10-9-15-7-6-8-16(11-15)19(27)24(2)3/h6-8,11-13H,9-10,14H2,1-5H3,(H,22,23). The number of carbonyl (C=O) groups excluding carboxylic acids is 1. The second kappa shape index (κ2) is 9.60. The van der Waals surface area contributed by atoms with Crippen LogP contribution in [-0.2, 0) is 20.0 Å². The Balaban J connectivity index is 1.92. The fourth-order valence-corrected chi connectivity index (χ4v) is 3.43. The van der Waals surface area contributed by atoms with Gasteiger partial charge in [0.25, 0.3) is 5.91 Å². The first-order chi connectivity index (χ1) is 12.8. The average molecular weight is 434 g/mol. The Labute approximate surface area is 170 Å². The van der Waals surface area contributed by atoms with Crippen LogP contribution >= 0.6 is 15.9 Å². The molecule has 0 spiro atoms. The lowest BCUT2D eigenvalue weighted by atomic mass is 10.1. The summed E-state index contributed by atoms with van der Waals surface area (Å²) in [4.78, 5) is 20.2. The smallest absolute Gasteiger partial charge is 0.253 e. The van der Waals surface area contributed by atoms with E-state index in [2.05, 4.69) is 41.8 Å². The second-order valence-corrected chi connectivity index (χ2v) is 7.66. The van der Waals surface area contributed by atoms with E-state index in [9.17, 15) is 4.79 Å². The van der Waals surface area contributed by atoms with Crippen molar-refractivity contribution in [3.8, 4) is 0 Å². The molecule has 1 heterocycles. The van der Waals surface area contributed by atoms with Crippen LogP contribution in [0.15, 0.2) is 46.0 Å². The maximum Gasteiger partial charge on any atom is 0.253 e. The molecule has 0 saturated heterocycles. The van der Waals surface area contributed by atoms with Crippen molar-refractivity contribution in [2.45, 2.75) is 13.0 Å². The number of halogens is 1. The van der Waals surface area contributed by atoms with E-state index in [0.29, 0.717) is 5.56 Å². The van der Waals surface area contributed by atoms with Gasteiger partial charge in [0.15, 0.2) is 5.96 Å². The summed E-state index contributed by atoms with van der Waals surface area (Å²) in [6, 6.07) is 9.89. The number of aliphatic imine (C=N–C) groups is 1. The zero-order chi connectivity index (χ0) is 20.0. The number of benzene rings is 1. The van der Waals surface area contributed by atoms with Gasteiger partial charge in [-0.05, 0) is 46.1 Å². The fourth-order valence-electron chi connectivity index (χ4n) is 2.86. The van der Waals surface area contributed by atoms with Gasteiger partial charge in [0.05, 0.1) is 6.54 Å². The SMILES string of the molecule is CN=C(NCCc1cccc(C(=O)N(C)C)c1)N(C)Cc1cc(Br)cn1C. The summed E-state index contributed by atoms with van der Waals surface area (Å²) in [6.07, 6.45) is 2.86. The van der Waals surface area contributed by atoms with Gasteiger partial charge in [0, 0.05) is 63.7 Å². The highest BCUT2D eigenvalue weighted by Gasteiger charge is 2.11. The van der Waals surface area contributed by atoms with Gasteiger partial charge in [-0.25, -0.2) is 0 Å². The van der Waals surface area contributed by atoms with Gasteiger partial charge in [-0.15, -0.1) is 0 Å². The van der Waals surface area contributed by atoms with Crippen LogP contribution in [0.3, 0.4) is 0 Å². The number of guanidine groups is 1. The van der Waals surface area contributed by atoms with Crippen LogP contribution < -0.4 is 5.32 Å². The Bertz CT molecular complexity index is 812. The van der Waals surface area contributed by atoms with Crippen molar-refractivity contribution < 1.29 is 4.79 Å². The molecule has 7 heteroatoms. The Hall–Kier alpha value is -2.28. The van der Waals surface area contributed by atoms with Gasteiger partial charge in [0.1, 0.15) is 0 Å². The van der Waals surface area contributed by atoms with Gasteiger partial charge in [-0.1, -0.05) is 12.1 Å². The van der Waals surface area contributed by atoms with Crippen LogP contribution in [0.2, 0.25) is 0 Å². The van der Waals surface area contributed by atoms with E-state index in [1.54, 1.807) is 26.0 Å². The molecule has 0 bridgehead atoms. The third-order valence-electron chi connectivity index (χ3n) is 4.32. The van der Waals surface area contributed by atoms with Crippen LogP contribution in [0.4, 0.5) is 0 Å². The van der Waals surface area contributed by atoms with E-state index >= 15 is 0 Å². The molecule has 0 radical (unpaired) electrons. The number of nitrogens with zero attached hydrogens (tertiary/aromatic N) is 4. The molecule has 2 rings (SSSR count). The molecular formula is C20H28BrN5O. The van der Waals surface area contributed by atoms with Crippen LogP contribution in [0, 0.1) is 0 Å². The fraction of sp³-hybridized carbons (Fsp3) is 0.400. The molecule has 0 aliphatic heterocycles. The summed E-state index contributed by atoms with van der Waals surface area (Å²) in [7, 11) is 9.37. The first-order valence-electron chi connectivity index (χ1n) is 8.85. The number of nitrogens with one attached hydrogen (secondary N) is 1. The zero-order valence-corrected chi connectivity index (χ0v) is 18.2. The molecule has 1 aromatic heterocycles. The van der Waals surface area contributed by atoms with Crippen molar-refractivity contribution in [3.63, 3.8) is 0 Å². The molecule has 0 atom stereocenters. The predicted molar refractivity (Wildman–Crippen MR) is 114 cm³/mol. The molecule has 146 valence electrons. The van der Waals surface area contributed by atoms with Crippen molar-refractivity contribution >= 4 is 27.8 Å². The van der Waals surface area contributed by atoms with Crippen molar-refractivity contribution in [1.29, 1.82) is 0 Å². The minimum Gasteiger partial charge on any atom is -0.356 e. The van der Waals surface area contributed by atoms with Gasteiger partial charge < -0.3 is 19.7 Å². The van der Waals surface area contributed by atoms with E-state index in [1.807, 2.05) is 44.6 Å². The Morgan fingerprint density at radius 1 is 1.26 bits per heavy atom. The maximum atomic E-state index is 12.1. The van der Waals surface area contributed by atoms with E-state index in [0.717, 1.165) is 35.5 Å². The first-order valence-corrected chi connectivity index (χ1v) is 9.64. The summed E-state index contributed by atoms with van der Waals surface area (Å²) in [5, 5.41) is 3.40. The highest BCUT2D eigenvalue weighted by Crippen LogP contribution is 2.15. The molecule has 27 heavy (non-hydrogen) atoms. The molecule has 0 fully saturated rings. The number of carbonyl (C=O) groups is 1. The molecule has 0 aliphatic carbocycles. The quantitative estimate of drug-likeness (QED) is 0.562. The Kier molecular flexibility index (Phi) is 7.47. The van der Waals surface area contributed by atoms with E-state index in [4.69, 9.17) is 0 Å². The molecule has 0 unspecified atom stereocenters. The van der Waals surface area contributed by atoms with Gasteiger partial charge in [-0.3, -0.25) is 9.79 Å². The average Bonchev–Trinajstić information content (AvgIpc) is 2.95. The molecule has 0 aliphatic rings. The third kappa shape index (κ3) is 5.85. The monoisotopic (exact) mass is 433 g/mol. The van der Waals surface area contributed by atoms with Crippen molar-refractivity contribution in [2.75, 3.05) is 34.7 Å². The molecular weight excluding hydrogens is 406 g/mol. The van der Waals surface area contributed by atoms with Crippen LogP contribution in [0.5, 0.6) is 0 Å². The van der Waals surface area contributed by atoms with Crippen molar-refractivity contribution in [1.82, 2.24) is 19.7 Å². The number of hydrogen-bond donors (Lipinski definition) is 1. The molecule has 1 N–H and O–H groups in total. The summed E-state index contributed by atoms with van der Waals surface area (Å²) in [5.41, 5.74) is 3.04. The highest BCUT2D eigenvalue weighted by atomic mass is 79.9. The third-order valence-corrected chi connectivity index (χ3v) is 4.76. The van der Waals surface area contributed by atoms with Crippen LogP contribution in [0.1, 0.15) is 21.6 Å². The summed E-state index contributed by atoms with van der Waals surface area (Å²) in [5.74, 6) is 0.863. The van der Waals surface area contributed by atoms with Crippen molar-refractivity contribution in [3.05, 3.63) is 57.8 Å². The molecule has 2 aromatic rings. The lowest BCUT2D eigenvalue weighted by molar-refractivity contribution is 0.0827. The number of aryl methyl sites for hydroxylation is 1. The maximum absolute atomic E-state index is 12.1. The lowest BCUT2D eigenvalue weighted by Crippen LogP contribution is -2.39. The molecule has 6 nitrogen and oxygen atoms in total.